The molecule has 1 aliphatic heterocycles. The molecule has 2 unspecified atom stereocenters. The van der Waals surface area contributed by atoms with E-state index in [-0.39, 0.29) is 0 Å². The summed E-state index contributed by atoms with van der Waals surface area (Å²) in [6.07, 6.45) is 0.531. The smallest absolute Gasteiger partial charge is 0.320 e. The summed E-state index contributed by atoms with van der Waals surface area (Å²) in [4.78, 5) is 15.2. The fourth-order valence-electron chi connectivity index (χ4n) is 1.94. The molecule has 0 aromatic rings. The molecule has 1 heterocycles. The van der Waals surface area contributed by atoms with Crippen molar-refractivity contribution in [2.75, 3.05) is 33.2 Å². The summed E-state index contributed by atoms with van der Waals surface area (Å²) < 4.78 is 0. The van der Waals surface area contributed by atoms with Gasteiger partial charge in [0.1, 0.15) is 6.04 Å². The molecular weight excluding hydrogens is 194 g/mol. The minimum Gasteiger partial charge on any atom is -0.480 e. The van der Waals surface area contributed by atoms with E-state index in [9.17, 15) is 4.79 Å². The standard InChI is InChI=1S/C10H21N3O2/c1-8-7-12(2)5-6-13(8)4-3-9(11)10(14)15/h8-9H,3-7,11H2,1-2H3,(H,14,15). The Balaban J connectivity index is 2.29. The van der Waals surface area contributed by atoms with Crippen LogP contribution in [0.2, 0.25) is 0 Å². The molecule has 1 aliphatic rings. The zero-order valence-corrected chi connectivity index (χ0v) is 9.52. The first kappa shape index (κ1) is 12.4. The van der Waals surface area contributed by atoms with E-state index in [1.54, 1.807) is 0 Å². The first-order valence-corrected chi connectivity index (χ1v) is 5.41. The van der Waals surface area contributed by atoms with Crippen molar-refractivity contribution in [1.29, 1.82) is 0 Å². The second-order valence-electron chi connectivity index (χ2n) is 4.38. The van der Waals surface area contributed by atoms with Gasteiger partial charge in [-0.3, -0.25) is 9.69 Å². The monoisotopic (exact) mass is 215 g/mol. The number of piperazine rings is 1. The molecule has 0 radical (unpaired) electrons. The van der Waals surface area contributed by atoms with Crippen LogP contribution >= 0.6 is 0 Å². The van der Waals surface area contributed by atoms with Gasteiger partial charge in [0.2, 0.25) is 0 Å². The Morgan fingerprint density at radius 3 is 2.80 bits per heavy atom. The van der Waals surface area contributed by atoms with Gasteiger partial charge >= 0.3 is 5.97 Å². The molecule has 5 nitrogen and oxygen atoms in total. The predicted molar refractivity (Wildman–Crippen MR) is 58.8 cm³/mol. The Kier molecular flexibility index (Phi) is 4.50. The Hall–Kier alpha value is -0.650. The predicted octanol–water partition coefficient (Wildman–Crippen LogP) is -0.576. The van der Waals surface area contributed by atoms with Gasteiger partial charge in [-0.1, -0.05) is 0 Å². The molecule has 3 N–H and O–H groups in total. The van der Waals surface area contributed by atoms with Crippen LogP contribution in [-0.2, 0) is 4.79 Å². The van der Waals surface area contributed by atoms with E-state index in [0.717, 1.165) is 26.2 Å². The van der Waals surface area contributed by atoms with Gasteiger partial charge in [-0.15, -0.1) is 0 Å². The van der Waals surface area contributed by atoms with E-state index in [4.69, 9.17) is 10.8 Å². The average Bonchev–Trinajstić information content (AvgIpc) is 2.15. The van der Waals surface area contributed by atoms with Gasteiger partial charge in [0, 0.05) is 32.2 Å². The number of carboxylic acid groups (broad SMARTS) is 1. The molecule has 5 heteroatoms. The molecule has 1 fully saturated rings. The van der Waals surface area contributed by atoms with E-state index in [2.05, 4.69) is 23.8 Å². The lowest BCUT2D eigenvalue weighted by Gasteiger charge is -2.38. The summed E-state index contributed by atoms with van der Waals surface area (Å²) in [6.45, 7) is 6.05. The van der Waals surface area contributed by atoms with Gasteiger partial charge in [0.15, 0.2) is 0 Å². The lowest BCUT2D eigenvalue weighted by Crippen LogP contribution is -2.51. The van der Waals surface area contributed by atoms with Crippen LogP contribution in [0.1, 0.15) is 13.3 Å². The first-order chi connectivity index (χ1) is 7.00. The van der Waals surface area contributed by atoms with Gasteiger partial charge in [-0.2, -0.15) is 0 Å². The third-order valence-electron chi connectivity index (χ3n) is 3.01. The number of hydrogen-bond acceptors (Lipinski definition) is 4. The summed E-state index contributed by atoms with van der Waals surface area (Å²) >= 11 is 0. The van der Waals surface area contributed by atoms with Gasteiger partial charge in [0.05, 0.1) is 0 Å². The Labute approximate surface area is 90.8 Å². The largest absolute Gasteiger partial charge is 0.480 e. The van der Waals surface area contributed by atoms with Crippen LogP contribution in [0.3, 0.4) is 0 Å². The van der Waals surface area contributed by atoms with Crippen LogP contribution in [0.4, 0.5) is 0 Å². The molecule has 2 atom stereocenters. The molecule has 88 valence electrons. The highest BCUT2D eigenvalue weighted by atomic mass is 16.4. The molecular formula is C10H21N3O2. The number of hydrogen-bond donors (Lipinski definition) is 2. The van der Waals surface area contributed by atoms with Gasteiger partial charge in [0.25, 0.3) is 0 Å². The highest BCUT2D eigenvalue weighted by molar-refractivity contribution is 5.72. The summed E-state index contributed by atoms with van der Waals surface area (Å²) in [5, 5.41) is 8.67. The van der Waals surface area contributed by atoms with Gasteiger partial charge in [-0.05, 0) is 20.4 Å². The minimum atomic E-state index is -0.906. The maximum atomic E-state index is 10.6. The van der Waals surface area contributed by atoms with E-state index in [1.165, 1.54) is 0 Å². The fraction of sp³-hybridized carbons (Fsp3) is 0.900. The molecule has 1 rings (SSSR count). The van der Waals surface area contributed by atoms with Crippen molar-refractivity contribution >= 4 is 5.97 Å². The number of nitrogens with zero attached hydrogens (tertiary/aromatic N) is 2. The average molecular weight is 215 g/mol. The topological polar surface area (TPSA) is 69.8 Å². The fourth-order valence-corrected chi connectivity index (χ4v) is 1.94. The third kappa shape index (κ3) is 3.77. The number of nitrogens with two attached hydrogens (primary N) is 1. The molecule has 15 heavy (non-hydrogen) atoms. The molecule has 0 amide bonds. The Morgan fingerprint density at radius 2 is 2.27 bits per heavy atom. The number of rotatable bonds is 4. The maximum absolute atomic E-state index is 10.6. The van der Waals surface area contributed by atoms with E-state index < -0.39 is 12.0 Å². The molecule has 0 spiro atoms. The van der Waals surface area contributed by atoms with E-state index in [1.807, 2.05) is 0 Å². The quantitative estimate of drug-likeness (QED) is 0.657. The zero-order valence-electron chi connectivity index (χ0n) is 9.52. The van der Waals surface area contributed by atoms with Crippen LogP contribution < -0.4 is 5.73 Å². The van der Waals surface area contributed by atoms with Crippen LogP contribution in [0.25, 0.3) is 0 Å². The summed E-state index contributed by atoms with van der Waals surface area (Å²) in [7, 11) is 2.11. The van der Waals surface area contributed by atoms with Gasteiger partial charge in [-0.25, -0.2) is 0 Å². The number of carboxylic acids is 1. The van der Waals surface area contributed by atoms with E-state index in [0.29, 0.717) is 12.5 Å². The second kappa shape index (κ2) is 5.44. The normalized spacial score (nSPS) is 26.5. The van der Waals surface area contributed by atoms with Crippen molar-refractivity contribution in [1.82, 2.24) is 9.80 Å². The third-order valence-corrected chi connectivity index (χ3v) is 3.01. The zero-order chi connectivity index (χ0) is 11.4. The van der Waals surface area contributed by atoms with Gasteiger partial charge < -0.3 is 15.7 Å². The van der Waals surface area contributed by atoms with Crippen molar-refractivity contribution in [3.8, 4) is 0 Å². The van der Waals surface area contributed by atoms with Crippen molar-refractivity contribution in [3.63, 3.8) is 0 Å². The molecule has 0 bridgehead atoms. The lowest BCUT2D eigenvalue weighted by atomic mass is 10.1. The molecule has 0 saturated carbocycles. The SMILES string of the molecule is CC1CN(C)CCN1CCC(N)C(=O)O. The van der Waals surface area contributed by atoms with Crippen LogP contribution in [-0.4, -0.2) is 66.2 Å². The Morgan fingerprint density at radius 1 is 1.60 bits per heavy atom. The summed E-state index contributed by atoms with van der Waals surface area (Å²) in [6, 6.07) is -0.235. The van der Waals surface area contributed by atoms with Crippen LogP contribution in [0.15, 0.2) is 0 Å². The lowest BCUT2D eigenvalue weighted by molar-refractivity contribution is -0.138. The number of likely N-dealkylation sites (N-methyl/N-ethyl adjacent to an activating group) is 1. The second-order valence-corrected chi connectivity index (χ2v) is 4.38. The number of aliphatic carboxylic acids is 1. The maximum Gasteiger partial charge on any atom is 0.320 e. The first-order valence-electron chi connectivity index (χ1n) is 5.41. The summed E-state index contributed by atoms with van der Waals surface area (Å²) in [5.74, 6) is -0.906. The van der Waals surface area contributed by atoms with Crippen molar-refractivity contribution in [2.24, 2.45) is 5.73 Å². The molecule has 1 saturated heterocycles. The van der Waals surface area contributed by atoms with Crippen molar-refractivity contribution < 1.29 is 9.90 Å². The van der Waals surface area contributed by atoms with Crippen LogP contribution in [0, 0.1) is 0 Å². The summed E-state index contributed by atoms with van der Waals surface area (Å²) in [5.41, 5.74) is 5.47. The Bertz CT molecular complexity index is 223. The van der Waals surface area contributed by atoms with Crippen molar-refractivity contribution in [2.45, 2.75) is 25.4 Å². The highest BCUT2D eigenvalue weighted by Gasteiger charge is 2.22. The highest BCUT2D eigenvalue weighted by Crippen LogP contribution is 2.08. The van der Waals surface area contributed by atoms with E-state index >= 15 is 0 Å². The molecule has 0 aromatic heterocycles. The van der Waals surface area contributed by atoms with Crippen LogP contribution in [0.5, 0.6) is 0 Å². The van der Waals surface area contributed by atoms with Crippen molar-refractivity contribution in [3.05, 3.63) is 0 Å². The minimum absolute atomic E-state index is 0.491. The molecule has 0 aromatic carbocycles. The molecule has 0 aliphatic carbocycles. The number of carbonyl (C=O) groups is 1.